The van der Waals surface area contributed by atoms with Crippen LogP contribution in [0.1, 0.15) is 399 Å². The lowest BCUT2D eigenvalue weighted by Crippen LogP contribution is -2.45. The van der Waals surface area contributed by atoms with Gasteiger partial charge in [-0.15, -0.1) is 0 Å². The number of carbonyl (C=O) groups is 2. The van der Waals surface area contributed by atoms with Crippen LogP contribution < -0.4 is 5.32 Å². The van der Waals surface area contributed by atoms with Crippen molar-refractivity contribution in [3.8, 4) is 0 Å². The Morgan fingerprint density at radius 3 is 0.963 bits per heavy atom. The van der Waals surface area contributed by atoms with Gasteiger partial charge in [0.2, 0.25) is 5.91 Å². The van der Waals surface area contributed by atoms with E-state index in [0.29, 0.717) is 19.4 Å². The van der Waals surface area contributed by atoms with Crippen molar-refractivity contribution >= 4 is 11.9 Å². The zero-order chi connectivity index (χ0) is 57.8. The molecule has 0 aromatic heterocycles. The summed E-state index contributed by atoms with van der Waals surface area (Å²) in [5, 5.41) is 23.1. The normalized spacial score (nSPS) is 12.7. The molecule has 0 saturated heterocycles. The van der Waals surface area contributed by atoms with Crippen LogP contribution in [-0.4, -0.2) is 47.4 Å². The molecule has 80 heavy (non-hydrogen) atoms. The summed E-state index contributed by atoms with van der Waals surface area (Å²) in [4.78, 5) is 24.6. The van der Waals surface area contributed by atoms with Crippen LogP contribution in [0, 0.1) is 0 Å². The third-order valence-electron chi connectivity index (χ3n) is 16.9. The number of aliphatic hydroxyl groups excluding tert-OH is 2. The molecule has 2 atom stereocenters. The summed E-state index contributed by atoms with van der Waals surface area (Å²) in [7, 11) is 0. The summed E-state index contributed by atoms with van der Waals surface area (Å²) in [6, 6.07) is -0.624. The maximum Gasteiger partial charge on any atom is 0.305 e. The van der Waals surface area contributed by atoms with Gasteiger partial charge in [0.15, 0.2) is 0 Å². The van der Waals surface area contributed by atoms with Crippen molar-refractivity contribution in [3.63, 3.8) is 0 Å². The van der Waals surface area contributed by atoms with Crippen LogP contribution in [0.5, 0.6) is 0 Å². The van der Waals surface area contributed by atoms with E-state index < -0.39 is 12.1 Å². The fourth-order valence-corrected chi connectivity index (χ4v) is 11.4. The van der Waals surface area contributed by atoms with E-state index in [1.165, 1.54) is 321 Å². The Hall–Kier alpha value is -1.92. The molecule has 2 unspecified atom stereocenters. The number of hydrogen-bond acceptors (Lipinski definition) is 5. The van der Waals surface area contributed by atoms with Gasteiger partial charge >= 0.3 is 5.97 Å². The van der Waals surface area contributed by atoms with Crippen molar-refractivity contribution in [1.29, 1.82) is 0 Å². The first-order chi connectivity index (χ1) is 39.5. The number of ether oxygens (including phenoxy) is 1. The number of aliphatic hydroxyl groups is 2. The van der Waals surface area contributed by atoms with Gasteiger partial charge < -0.3 is 20.3 Å². The highest BCUT2D eigenvalue weighted by Gasteiger charge is 2.18. The van der Waals surface area contributed by atoms with Gasteiger partial charge in [-0.3, -0.25) is 9.59 Å². The first-order valence-electron chi connectivity index (χ1n) is 36.3. The number of hydrogen-bond donors (Lipinski definition) is 3. The van der Waals surface area contributed by atoms with Crippen molar-refractivity contribution in [2.45, 2.75) is 411 Å². The molecule has 0 aliphatic heterocycles. The molecule has 6 heteroatoms. The smallest absolute Gasteiger partial charge is 0.305 e. The Labute approximate surface area is 500 Å². The molecule has 0 bridgehead atoms. The second-order valence-corrected chi connectivity index (χ2v) is 24.9. The Kier molecular flexibility index (Phi) is 67.9. The van der Waals surface area contributed by atoms with Gasteiger partial charge in [0, 0.05) is 12.8 Å². The summed E-state index contributed by atoms with van der Waals surface area (Å²) in [6.07, 6.45) is 89.6. The molecule has 0 aliphatic rings. The van der Waals surface area contributed by atoms with Gasteiger partial charge in [-0.25, -0.2) is 0 Å². The average molecular weight is 1120 g/mol. The highest BCUT2D eigenvalue weighted by atomic mass is 16.5. The van der Waals surface area contributed by atoms with Crippen LogP contribution in [0.2, 0.25) is 0 Å². The van der Waals surface area contributed by atoms with Gasteiger partial charge in [-0.2, -0.15) is 0 Å². The summed E-state index contributed by atoms with van der Waals surface area (Å²) in [6.45, 7) is 4.91. The minimum Gasteiger partial charge on any atom is -0.466 e. The number of nitrogens with one attached hydrogen (secondary N) is 1. The number of esters is 1. The molecule has 0 fully saturated rings. The van der Waals surface area contributed by atoms with Gasteiger partial charge in [-0.1, -0.05) is 359 Å². The van der Waals surface area contributed by atoms with Crippen LogP contribution in [-0.2, 0) is 14.3 Å². The molecule has 6 nitrogen and oxygen atoms in total. The van der Waals surface area contributed by atoms with Crippen molar-refractivity contribution < 1.29 is 24.5 Å². The second-order valence-electron chi connectivity index (χ2n) is 24.9. The minimum absolute atomic E-state index is 0.0140. The van der Waals surface area contributed by atoms with Crippen LogP contribution in [0.3, 0.4) is 0 Å². The predicted molar refractivity (Wildman–Crippen MR) is 352 cm³/mol. The van der Waals surface area contributed by atoms with E-state index in [2.05, 4.69) is 43.5 Å². The Morgan fingerprint density at radius 1 is 0.350 bits per heavy atom. The van der Waals surface area contributed by atoms with Crippen LogP contribution >= 0.6 is 0 Å². The van der Waals surface area contributed by atoms with Crippen molar-refractivity contribution in [1.82, 2.24) is 5.32 Å². The second kappa shape index (κ2) is 69.6. The molecule has 0 aliphatic carbocycles. The Bertz CT molecular complexity index is 1300. The lowest BCUT2D eigenvalue weighted by atomic mass is 10.0. The van der Waals surface area contributed by atoms with Gasteiger partial charge in [0.25, 0.3) is 0 Å². The molecule has 0 heterocycles. The number of unbranched alkanes of at least 4 members (excludes halogenated alkanes) is 53. The summed E-state index contributed by atoms with van der Waals surface area (Å²) < 4.78 is 5.51. The zero-order valence-corrected chi connectivity index (χ0v) is 54.1. The summed E-state index contributed by atoms with van der Waals surface area (Å²) in [5.74, 6) is -0.0481. The quantitative estimate of drug-likeness (QED) is 0.0320. The molecule has 0 rings (SSSR count). The third kappa shape index (κ3) is 65.2. The molecule has 1 amide bonds. The van der Waals surface area contributed by atoms with E-state index in [1.54, 1.807) is 6.08 Å². The largest absolute Gasteiger partial charge is 0.466 e. The van der Waals surface area contributed by atoms with Crippen molar-refractivity contribution in [3.05, 3.63) is 36.5 Å². The number of allylic oxidation sites excluding steroid dienone is 5. The molecule has 0 radical (unpaired) electrons. The molecular formula is C74H141NO5. The number of amides is 1. The maximum atomic E-state index is 12.5. The SMILES string of the molecule is CCCCCC/C=C\C/C=C\CCCCCCCCCC(=O)OCCCCCCCCCCCCCCCCCCCCCCCCCCCCCCCCCCC(=O)NC(CO)C(O)/C=C/CCCCCCCCCCCCC. The Balaban J connectivity index is 3.32. The lowest BCUT2D eigenvalue weighted by Gasteiger charge is -2.20. The predicted octanol–water partition coefficient (Wildman–Crippen LogP) is 23.5. The molecule has 0 aromatic carbocycles. The monoisotopic (exact) mass is 1120 g/mol. The van der Waals surface area contributed by atoms with Crippen LogP contribution in [0.15, 0.2) is 36.5 Å². The number of rotatable bonds is 68. The molecule has 472 valence electrons. The summed E-state index contributed by atoms with van der Waals surface area (Å²) in [5.41, 5.74) is 0. The Morgan fingerprint density at radius 2 is 0.625 bits per heavy atom. The van der Waals surface area contributed by atoms with Gasteiger partial charge in [-0.05, 0) is 64.2 Å². The topological polar surface area (TPSA) is 95.9 Å². The molecule has 3 N–H and O–H groups in total. The van der Waals surface area contributed by atoms with Gasteiger partial charge in [0.05, 0.1) is 25.4 Å². The van der Waals surface area contributed by atoms with E-state index in [9.17, 15) is 19.8 Å². The lowest BCUT2D eigenvalue weighted by molar-refractivity contribution is -0.143. The molecule has 0 saturated carbocycles. The fraction of sp³-hybridized carbons (Fsp3) is 0.892. The van der Waals surface area contributed by atoms with Crippen molar-refractivity contribution in [2.75, 3.05) is 13.2 Å². The molecular weight excluding hydrogens is 983 g/mol. The van der Waals surface area contributed by atoms with E-state index in [-0.39, 0.29) is 18.5 Å². The van der Waals surface area contributed by atoms with Crippen molar-refractivity contribution in [2.24, 2.45) is 0 Å². The average Bonchev–Trinajstić information content (AvgIpc) is 3.46. The highest BCUT2D eigenvalue weighted by Crippen LogP contribution is 2.19. The standard InChI is InChI=1S/C74H141NO5/c1-3-5-7-9-11-13-15-17-18-19-37-40-44-48-52-56-60-64-68-74(79)80-69-65-61-57-53-49-45-41-38-35-33-31-29-27-25-23-21-20-22-24-26-28-30-32-34-36-39-43-47-51-55-59-63-67-73(78)75-71(70-76)72(77)66-62-58-54-50-46-42-16-14-12-10-8-6-4-2/h13,15,18-19,62,66,71-72,76-77H,3-12,14,16-17,20-61,63-65,67-70H2,1-2H3,(H,75,78)/b15-13-,19-18-,66-62+. The van der Waals surface area contributed by atoms with Crippen LogP contribution in [0.4, 0.5) is 0 Å². The highest BCUT2D eigenvalue weighted by molar-refractivity contribution is 5.76. The fourth-order valence-electron chi connectivity index (χ4n) is 11.4. The first kappa shape index (κ1) is 78.1. The van der Waals surface area contributed by atoms with E-state index in [1.807, 2.05) is 6.08 Å². The molecule has 0 aromatic rings. The first-order valence-corrected chi connectivity index (χ1v) is 36.3. The summed E-state index contributed by atoms with van der Waals surface area (Å²) >= 11 is 0. The molecule has 0 spiro atoms. The zero-order valence-electron chi connectivity index (χ0n) is 54.1. The van der Waals surface area contributed by atoms with E-state index in [0.717, 1.165) is 51.4 Å². The maximum absolute atomic E-state index is 12.5. The number of carbonyl (C=O) groups excluding carboxylic acids is 2. The van der Waals surface area contributed by atoms with Crippen LogP contribution in [0.25, 0.3) is 0 Å². The van der Waals surface area contributed by atoms with E-state index >= 15 is 0 Å². The van der Waals surface area contributed by atoms with Gasteiger partial charge in [0.1, 0.15) is 0 Å². The third-order valence-corrected chi connectivity index (χ3v) is 16.9. The minimum atomic E-state index is -0.840. The van der Waals surface area contributed by atoms with E-state index in [4.69, 9.17) is 4.74 Å².